The predicted octanol–water partition coefficient (Wildman–Crippen LogP) is 4.39. The van der Waals surface area contributed by atoms with Gasteiger partial charge in [-0.25, -0.2) is 4.39 Å². The van der Waals surface area contributed by atoms with Crippen molar-refractivity contribution in [1.29, 1.82) is 0 Å². The Morgan fingerprint density at radius 1 is 1.09 bits per heavy atom. The van der Waals surface area contributed by atoms with Crippen LogP contribution in [-0.4, -0.2) is 11.7 Å². The number of fused-ring (bicyclic) bond motifs is 1. The third-order valence-electron chi connectivity index (χ3n) is 3.70. The van der Waals surface area contributed by atoms with Crippen molar-refractivity contribution < 1.29 is 13.9 Å². The van der Waals surface area contributed by atoms with E-state index in [-0.39, 0.29) is 5.82 Å². The molecule has 0 fully saturated rings. The number of nitrogens with zero attached hydrogens (tertiary/aromatic N) is 1. The molecule has 0 aliphatic heterocycles. The van der Waals surface area contributed by atoms with E-state index < -0.39 is 0 Å². The van der Waals surface area contributed by atoms with Gasteiger partial charge in [0.2, 0.25) is 0 Å². The molecule has 0 saturated heterocycles. The Morgan fingerprint density at radius 2 is 1.91 bits per heavy atom. The molecule has 0 bridgehead atoms. The topological polar surface area (TPSA) is 23.4 Å². The molecule has 3 aromatic rings. The lowest BCUT2D eigenvalue weighted by molar-refractivity contribution is 0.304. The van der Waals surface area contributed by atoms with Crippen molar-refractivity contribution in [2.45, 2.75) is 20.1 Å². The highest BCUT2D eigenvalue weighted by molar-refractivity contribution is 5.84. The molecule has 3 nitrogen and oxygen atoms in total. The monoisotopic (exact) mass is 299 g/mol. The summed E-state index contributed by atoms with van der Waals surface area (Å²) >= 11 is 0. The van der Waals surface area contributed by atoms with Crippen LogP contribution in [0.1, 0.15) is 12.5 Å². The first kappa shape index (κ1) is 14.4. The number of aromatic nitrogens is 1. The second-order valence-electron chi connectivity index (χ2n) is 5.07. The summed E-state index contributed by atoms with van der Waals surface area (Å²) in [6.45, 7) is 3.29. The maximum Gasteiger partial charge on any atom is 0.123 e. The molecule has 0 unspecified atom stereocenters. The SMILES string of the molecule is CCn1cc(COc2cccc(OC)c2)c2cc(F)ccc21. The zero-order chi connectivity index (χ0) is 15.5. The zero-order valence-electron chi connectivity index (χ0n) is 12.7. The van der Waals surface area contributed by atoms with E-state index in [1.165, 1.54) is 6.07 Å². The normalized spacial score (nSPS) is 10.9. The first-order valence-electron chi connectivity index (χ1n) is 7.25. The maximum absolute atomic E-state index is 13.5. The van der Waals surface area contributed by atoms with Crippen molar-refractivity contribution in [2.24, 2.45) is 0 Å². The summed E-state index contributed by atoms with van der Waals surface area (Å²) in [6.07, 6.45) is 2.02. The number of methoxy groups -OCH3 is 1. The number of aryl methyl sites for hydroxylation is 1. The van der Waals surface area contributed by atoms with Gasteiger partial charge in [-0.1, -0.05) is 6.07 Å². The minimum absolute atomic E-state index is 0.232. The summed E-state index contributed by atoms with van der Waals surface area (Å²) in [5, 5.41) is 0.893. The van der Waals surface area contributed by atoms with Crippen molar-refractivity contribution in [3.05, 3.63) is 60.0 Å². The number of hydrogen-bond acceptors (Lipinski definition) is 2. The van der Waals surface area contributed by atoms with Crippen LogP contribution >= 0.6 is 0 Å². The van der Waals surface area contributed by atoms with Gasteiger partial charge in [0.1, 0.15) is 23.9 Å². The van der Waals surface area contributed by atoms with Gasteiger partial charge in [0.15, 0.2) is 0 Å². The molecular formula is C18H18FNO2. The van der Waals surface area contributed by atoms with E-state index in [0.29, 0.717) is 6.61 Å². The second kappa shape index (κ2) is 6.10. The lowest BCUT2D eigenvalue weighted by Gasteiger charge is -2.07. The van der Waals surface area contributed by atoms with Crippen molar-refractivity contribution in [2.75, 3.05) is 7.11 Å². The smallest absolute Gasteiger partial charge is 0.123 e. The van der Waals surface area contributed by atoms with Gasteiger partial charge in [0, 0.05) is 35.3 Å². The van der Waals surface area contributed by atoms with Gasteiger partial charge >= 0.3 is 0 Å². The van der Waals surface area contributed by atoms with Crippen LogP contribution in [0.25, 0.3) is 10.9 Å². The van der Waals surface area contributed by atoms with E-state index >= 15 is 0 Å². The molecule has 22 heavy (non-hydrogen) atoms. The summed E-state index contributed by atoms with van der Waals surface area (Å²) in [5.41, 5.74) is 1.99. The Morgan fingerprint density at radius 3 is 2.68 bits per heavy atom. The summed E-state index contributed by atoms with van der Waals surface area (Å²) in [5.74, 6) is 1.25. The molecule has 0 saturated carbocycles. The molecule has 0 radical (unpaired) electrons. The molecule has 4 heteroatoms. The van der Waals surface area contributed by atoms with Crippen molar-refractivity contribution in [3.8, 4) is 11.5 Å². The quantitative estimate of drug-likeness (QED) is 0.697. The molecule has 0 N–H and O–H groups in total. The van der Waals surface area contributed by atoms with Gasteiger partial charge in [-0.3, -0.25) is 0 Å². The summed E-state index contributed by atoms with van der Waals surface area (Å²) in [7, 11) is 1.62. The van der Waals surface area contributed by atoms with Crippen LogP contribution in [0.3, 0.4) is 0 Å². The first-order valence-corrected chi connectivity index (χ1v) is 7.25. The largest absolute Gasteiger partial charge is 0.497 e. The highest BCUT2D eigenvalue weighted by atomic mass is 19.1. The standard InChI is InChI=1S/C18H18FNO2/c1-3-20-11-13(17-9-14(19)7-8-18(17)20)12-22-16-6-4-5-15(10-16)21-2/h4-11H,3,12H2,1-2H3. The van der Waals surface area contributed by atoms with E-state index in [0.717, 1.165) is 34.5 Å². The Hall–Kier alpha value is -2.49. The number of hydrogen-bond donors (Lipinski definition) is 0. The number of rotatable bonds is 5. The van der Waals surface area contributed by atoms with E-state index in [1.54, 1.807) is 13.2 Å². The molecule has 0 atom stereocenters. The summed E-state index contributed by atoms with van der Waals surface area (Å²) < 4.78 is 26.6. The number of halogens is 1. The van der Waals surface area contributed by atoms with Crippen molar-refractivity contribution in [1.82, 2.24) is 4.57 Å². The molecular weight excluding hydrogens is 281 g/mol. The predicted molar refractivity (Wildman–Crippen MR) is 84.9 cm³/mol. The fourth-order valence-electron chi connectivity index (χ4n) is 2.57. The number of benzene rings is 2. The molecule has 0 aliphatic rings. The van der Waals surface area contributed by atoms with Gasteiger partial charge < -0.3 is 14.0 Å². The Kier molecular flexibility index (Phi) is 4.00. The Balaban J connectivity index is 1.88. The van der Waals surface area contributed by atoms with Crippen molar-refractivity contribution >= 4 is 10.9 Å². The maximum atomic E-state index is 13.5. The van der Waals surface area contributed by atoms with E-state index in [2.05, 4.69) is 11.5 Å². The Bertz CT molecular complexity index is 795. The summed E-state index contributed by atoms with van der Waals surface area (Å²) in [6, 6.07) is 12.3. The van der Waals surface area contributed by atoms with Crippen LogP contribution in [0.4, 0.5) is 4.39 Å². The molecule has 1 heterocycles. The van der Waals surface area contributed by atoms with Crippen LogP contribution in [0.2, 0.25) is 0 Å². The fraction of sp³-hybridized carbons (Fsp3) is 0.222. The van der Waals surface area contributed by atoms with Crippen molar-refractivity contribution in [3.63, 3.8) is 0 Å². The van der Waals surface area contributed by atoms with E-state index in [4.69, 9.17) is 9.47 Å². The minimum atomic E-state index is -0.232. The fourth-order valence-corrected chi connectivity index (χ4v) is 2.57. The van der Waals surface area contributed by atoms with Gasteiger partial charge in [0.25, 0.3) is 0 Å². The second-order valence-corrected chi connectivity index (χ2v) is 5.07. The number of ether oxygens (including phenoxy) is 2. The third-order valence-corrected chi connectivity index (χ3v) is 3.70. The lowest BCUT2D eigenvalue weighted by atomic mass is 10.2. The molecule has 114 valence electrons. The van der Waals surface area contributed by atoms with Crippen LogP contribution < -0.4 is 9.47 Å². The molecule has 3 rings (SSSR count). The first-order chi connectivity index (χ1) is 10.7. The third kappa shape index (κ3) is 2.77. The van der Waals surface area contributed by atoms with Crippen LogP contribution in [0, 0.1) is 5.82 Å². The van der Waals surface area contributed by atoms with E-state index in [9.17, 15) is 4.39 Å². The molecule has 0 amide bonds. The average molecular weight is 299 g/mol. The van der Waals surface area contributed by atoms with Gasteiger partial charge in [-0.15, -0.1) is 0 Å². The minimum Gasteiger partial charge on any atom is -0.497 e. The summed E-state index contributed by atoms with van der Waals surface area (Å²) in [4.78, 5) is 0. The van der Waals surface area contributed by atoms with E-state index in [1.807, 2.05) is 36.5 Å². The molecule has 0 aliphatic carbocycles. The van der Waals surface area contributed by atoms with Crippen LogP contribution in [0.5, 0.6) is 11.5 Å². The zero-order valence-corrected chi connectivity index (χ0v) is 12.7. The lowest BCUT2D eigenvalue weighted by Crippen LogP contribution is -1.95. The van der Waals surface area contributed by atoms with Crippen LogP contribution in [-0.2, 0) is 13.2 Å². The highest BCUT2D eigenvalue weighted by Crippen LogP contribution is 2.25. The average Bonchev–Trinajstić information content (AvgIpc) is 2.90. The molecule has 1 aromatic heterocycles. The van der Waals surface area contributed by atoms with Gasteiger partial charge in [-0.05, 0) is 37.3 Å². The van der Waals surface area contributed by atoms with Gasteiger partial charge in [-0.2, -0.15) is 0 Å². The van der Waals surface area contributed by atoms with Crippen LogP contribution in [0.15, 0.2) is 48.7 Å². The van der Waals surface area contributed by atoms with Gasteiger partial charge in [0.05, 0.1) is 7.11 Å². The highest BCUT2D eigenvalue weighted by Gasteiger charge is 2.09. The Labute approximate surface area is 128 Å². The molecule has 2 aromatic carbocycles. The molecule has 0 spiro atoms.